The highest BCUT2D eigenvalue weighted by molar-refractivity contribution is 7.09. The minimum absolute atomic E-state index is 0.00586. The fourth-order valence-electron chi connectivity index (χ4n) is 2.54. The van der Waals surface area contributed by atoms with Crippen molar-refractivity contribution in [2.75, 3.05) is 7.11 Å². The topological polar surface area (TPSA) is 51.2 Å². The number of nitrogens with zero attached hydrogens (tertiary/aromatic N) is 1. The van der Waals surface area contributed by atoms with Crippen LogP contribution in [0.2, 0.25) is 0 Å². The van der Waals surface area contributed by atoms with Crippen molar-refractivity contribution >= 4 is 17.2 Å². The molecular weight excluding hydrogens is 389 g/mol. The summed E-state index contributed by atoms with van der Waals surface area (Å²) < 4.78 is 43.4. The average Bonchev–Trinajstić information content (AvgIpc) is 3.15. The zero-order valence-corrected chi connectivity index (χ0v) is 15.7. The van der Waals surface area contributed by atoms with Crippen LogP contribution in [0.4, 0.5) is 13.2 Å². The van der Waals surface area contributed by atoms with E-state index in [1.165, 1.54) is 23.5 Å². The Hall–Kier alpha value is -2.87. The van der Waals surface area contributed by atoms with E-state index in [0.717, 1.165) is 28.5 Å². The van der Waals surface area contributed by atoms with Crippen LogP contribution in [0.15, 0.2) is 53.9 Å². The lowest BCUT2D eigenvalue weighted by atomic mass is 10.1. The summed E-state index contributed by atoms with van der Waals surface area (Å²) in [5, 5.41) is 5.02. The number of halogens is 3. The number of methoxy groups -OCH3 is 1. The van der Waals surface area contributed by atoms with Crippen LogP contribution in [-0.4, -0.2) is 18.0 Å². The van der Waals surface area contributed by atoms with Crippen LogP contribution >= 0.6 is 11.3 Å². The van der Waals surface area contributed by atoms with E-state index in [4.69, 9.17) is 4.74 Å². The third-order valence-electron chi connectivity index (χ3n) is 4.01. The molecule has 0 atom stereocenters. The van der Waals surface area contributed by atoms with Gasteiger partial charge in [0.1, 0.15) is 11.4 Å². The molecule has 1 aromatic heterocycles. The number of hydrogen-bond donors (Lipinski definition) is 1. The number of rotatable bonds is 6. The molecule has 0 aliphatic rings. The van der Waals surface area contributed by atoms with Crippen molar-refractivity contribution in [2.24, 2.45) is 0 Å². The Balaban J connectivity index is 1.59. The molecule has 0 fully saturated rings. The summed E-state index contributed by atoms with van der Waals surface area (Å²) in [5.41, 5.74) is 0.915. The van der Waals surface area contributed by atoms with Gasteiger partial charge in [-0.3, -0.25) is 4.79 Å². The van der Waals surface area contributed by atoms with Gasteiger partial charge in [0.2, 0.25) is 0 Å². The van der Waals surface area contributed by atoms with Gasteiger partial charge >= 0.3 is 6.18 Å². The van der Waals surface area contributed by atoms with Gasteiger partial charge in [-0.15, -0.1) is 11.3 Å². The summed E-state index contributed by atoms with van der Waals surface area (Å²) in [6.45, 7) is -0.00586. The molecule has 3 rings (SSSR count). The maximum atomic E-state index is 12.8. The summed E-state index contributed by atoms with van der Waals surface area (Å²) in [6, 6.07) is 12.4. The first-order chi connectivity index (χ1) is 13.3. The standard InChI is InChI=1S/C20H17F3N2O2S/c1-27-16-7-5-13(6-8-16)10-18-25-17(12-28-18)19(26)24-11-14-3-2-4-15(9-14)20(21,22)23/h2-9,12H,10-11H2,1H3,(H,24,26). The highest BCUT2D eigenvalue weighted by Crippen LogP contribution is 2.29. The Morgan fingerprint density at radius 3 is 2.57 bits per heavy atom. The molecule has 0 aliphatic carbocycles. The Kier molecular flexibility index (Phi) is 5.99. The van der Waals surface area contributed by atoms with Crippen molar-refractivity contribution in [3.8, 4) is 5.75 Å². The summed E-state index contributed by atoms with van der Waals surface area (Å²) >= 11 is 1.36. The Morgan fingerprint density at radius 2 is 1.89 bits per heavy atom. The largest absolute Gasteiger partial charge is 0.497 e. The van der Waals surface area contributed by atoms with Gasteiger partial charge < -0.3 is 10.1 Å². The van der Waals surface area contributed by atoms with Crippen molar-refractivity contribution in [2.45, 2.75) is 19.1 Å². The number of carbonyl (C=O) groups is 1. The van der Waals surface area contributed by atoms with E-state index >= 15 is 0 Å². The first-order valence-electron chi connectivity index (χ1n) is 8.37. The van der Waals surface area contributed by atoms with Gasteiger partial charge in [-0.25, -0.2) is 4.98 Å². The number of hydrogen-bond acceptors (Lipinski definition) is 4. The Bertz CT molecular complexity index is 953. The second-order valence-electron chi connectivity index (χ2n) is 6.03. The molecule has 0 aliphatic heterocycles. The van der Waals surface area contributed by atoms with Crippen LogP contribution in [0.3, 0.4) is 0 Å². The zero-order chi connectivity index (χ0) is 20.1. The van der Waals surface area contributed by atoms with E-state index in [2.05, 4.69) is 10.3 Å². The van der Waals surface area contributed by atoms with Crippen LogP contribution in [-0.2, 0) is 19.1 Å². The Labute approximate surface area is 164 Å². The van der Waals surface area contributed by atoms with Gasteiger partial charge in [-0.05, 0) is 35.4 Å². The number of nitrogens with one attached hydrogen (secondary N) is 1. The van der Waals surface area contributed by atoms with Crippen molar-refractivity contribution in [3.63, 3.8) is 0 Å². The van der Waals surface area contributed by atoms with Crippen LogP contribution in [0.1, 0.15) is 32.2 Å². The van der Waals surface area contributed by atoms with Crippen molar-refractivity contribution in [1.29, 1.82) is 0 Å². The molecule has 0 bridgehead atoms. The molecular formula is C20H17F3N2O2S. The lowest BCUT2D eigenvalue weighted by molar-refractivity contribution is -0.137. The highest BCUT2D eigenvalue weighted by atomic mass is 32.1. The van der Waals surface area contributed by atoms with E-state index in [0.29, 0.717) is 12.0 Å². The average molecular weight is 406 g/mol. The fraction of sp³-hybridized carbons (Fsp3) is 0.200. The van der Waals surface area contributed by atoms with Crippen LogP contribution < -0.4 is 10.1 Å². The van der Waals surface area contributed by atoms with Crippen molar-refractivity contribution in [1.82, 2.24) is 10.3 Å². The molecule has 1 N–H and O–H groups in total. The van der Waals surface area contributed by atoms with Crippen LogP contribution in [0.5, 0.6) is 5.75 Å². The molecule has 0 saturated heterocycles. The summed E-state index contributed by atoms with van der Waals surface area (Å²) in [7, 11) is 1.60. The molecule has 0 saturated carbocycles. The van der Waals surface area contributed by atoms with Crippen LogP contribution in [0.25, 0.3) is 0 Å². The second kappa shape index (κ2) is 8.43. The smallest absolute Gasteiger partial charge is 0.416 e. The minimum atomic E-state index is -4.41. The predicted octanol–water partition coefficient (Wildman–Crippen LogP) is 4.69. The molecule has 1 heterocycles. The predicted molar refractivity (Wildman–Crippen MR) is 101 cm³/mol. The lowest BCUT2D eigenvalue weighted by Crippen LogP contribution is -2.23. The molecule has 4 nitrogen and oxygen atoms in total. The number of alkyl halides is 3. The molecule has 28 heavy (non-hydrogen) atoms. The maximum Gasteiger partial charge on any atom is 0.416 e. The van der Waals surface area contributed by atoms with Crippen molar-refractivity contribution in [3.05, 3.63) is 81.3 Å². The van der Waals surface area contributed by atoms with E-state index in [1.807, 2.05) is 24.3 Å². The summed E-state index contributed by atoms with van der Waals surface area (Å²) in [6.07, 6.45) is -3.83. The highest BCUT2D eigenvalue weighted by Gasteiger charge is 2.30. The summed E-state index contributed by atoms with van der Waals surface area (Å²) in [5.74, 6) is 0.340. The van der Waals surface area contributed by atoms with E-state index in [9.17, 15) is 18.0 Å². The van der Waals surface area contributed by atoms with Gasteiger partial charge in [0.05, 0.1) is 17.7 Å². The van der Waals surface area contributed by atoms with Gasteiger partial charge in [0.25, 0.3) is 5.91 Å². The van der Waals surface area contributed by atoms with Gasteiger partial charge in [-0.1, -0.05) is 24.3 Å². The molecule has 0 spiro atoms. The maximum absolute atomic E-state index is 12.8. The zero-order valence-electron chi connectivity index (χ0n) is 14.9. The van der Waals surface area contributed by atoms with Crippen molar-refractivity contribution < 1.29 is 22.7 Å². The molecule has 2 aromatic carbocycles. The third kappa shape index (κ3) is 5.10. The first kappa shape index (κ1) is 19.9. The Morgan fingerprint density at radius 1 is 1.14 bits per heavy atom. The minimum Gasteiger partial charge on any atom is -0.497 e. The summed E-state index contributed by atoms with van der Waals surface area (Å²) in [4.78, 5) is 16.6. The third-order valence-corrected chi connectivity index (χ3v) is 4.85. The number of ether oxygens (including phenoxy) is 1. The molecule has 3 aromatic rings. The molecule has 0 unspecified atom stereocenters. The van der Waals surface area contributed by atoms with Crippen LogP contribution in [0, 0.1) is 0 Å². The lowest BCUT2D eigenvalue weighted by Gasteiger charge is -2.09. The van der Waals surface area contributed by atoms with Gasteiger partial charge in [-0.2, -0.15) is 13.2 Å². The molecule has 1 amide bonds. The molecule has 0 radical (unpaired) electrons. The number of thiazole rings is 1. The van der Waals surface area contributed by atoms with E-state index < -0.39 is 17.6 Å². The number of benzene rings is 2. The fourth-order valence-corrected chi connectivity index (χ4v) is 3.35. The van der Waals surface area contributed by atoms with Gasteiger partial charge in [0.15, 0.2) is 0 Å². The monoisotopic (exact) mass is 406 g/mol. The van der Waals surface area contributed by atoms with Gasteiger partial charge in [0, 0.05) is 18.3 Å². The number of aromatic nitrogens is 1. The molecule has 146 valence electrons. The number of amides is 1. The quantitative estimate of drug-likeness (QED) is 0.646. The number of carbonyl (C=O) groups excluding carboxylic acids is 1. The second-order valence-corrected chi connectivity index (χ2v) is 6.97. The molecule has 8 heteroatoms. The van der Waals surface area contributed by atoms with E-state index in [-0.39, 0.29) is 12.2 Å². The SMILES string of the molecule is COc1ccc(Cc2nc(C(=O)NCc3cccc(C(F)(F)F)c3)cs2)cc1. The van der Waals surface area contributed by atoms with E-state index in [1.54, 1.807) is 12.5 Å². The normalized spacial score (nSPS) is 11.3. The first-order valence-corrected chi connectivity index (χ1v) is 9.25.